The summed E-state index contributed by atoms with van der Waals surface area (Å²) in [5.74, 6) is -1.37. The molecule has 2 atom stereocenters. The van der Waals surface area contributed by atoms with E-state index in [1.807, 2.05) is 12.1 Å². The van der Waals surface area contributed by atoms with E-state index in [2.05, 4.69) is 17.0 Å². The molecule has 2 unspecified atom stereocenters. The second-order valence-corrected chi connectivity index (χ2v) is 9.35. The Morgan fingerprint density at radius 3 is 2.52 bits per heavy atom. The van der Waals surface area contributed by atoms with Gasteiger partial charge in [0.25, 0.3) is 10.0 Å². The van der Waals surface area contributed by atoms with Gasteiger partial charge in [0.15, 0.2) is 0 Å². The van der Waals surface area contributed by atoms with Gasteiger partial charge >= 0.3 is 5.97 Å². The highest BCUT2D eigenvalue weighted by Crippen LogP contribution is 2.37. The van der Waals surface area contributed by atoms with Gasteiger partial charge in [-0.25, -0.2) is 17.6 Å². The van der Waals surface area contributed by atoms with E-state index in [1.54, 1.807) is 30.3 Å². The van der Waals surface area contributed by atoms with Crippen LogP contribution in [0.25, 0.3) is 0 Å². The van der Waals surface area contributed by atoms with Gasteiger partial charge in [0.1, 0.15) is 5.82 Å². The van der Waals surface area contributed by atoms with Crippen molar-refractivity contribution in [2.75, 3.05) is 10.0 Å². The molecule has 4 rings (SSSR count). The molecule has 0 saturated carbocycles. The maximum Gasteiger partial charge on any atom is 0.335 e. The fourth-order valence-electron chi connectivity index (χ4n) is 3.83. The Kier molecular flexibility index (Phi) is 5.41. The number of sulfonamides is 1. The number of carboxylic acids is 1. The number of halogens is 1. The second-order valence-electron chi connectivity index (χ2n) is 7.67. The minimum atomic E-state index is -3.89. The lowest BCUT2D eigenvalue weighted by Gasteiger charge is -2.33. The van der Waals surface area contributed by atoms with Gasteiger partial charge in [-0.15, -0.1) is 0 Å². The molecule has 0 bridgehead atoms. The van der Waals surface area contributed by atoms with Gasteiger partial charge in [-0.2, -0.15) is 0 Å². The van der Waals surface area contributed by atoms with Gasteiger partial charge in [-0.3, -0.25) is 4.72 Å². The van der Waals surface area contributed by atoms with E-state index < -0.39 is 21.8 Å². The molecule has 160 valence electrons. The number of fused-ring (bicyclic) bond motifs is 1. The van der Waals surface area contributed by atoms with Crippen LogP contribution in [0, 0.1) is 11.7 Å². The number of aromatic carboxylic acids is 1. The zero-order valence-corrected chi connectivity index (χ0v) is 17.5. The van der Waals surface area contributed by atoms with Crippen molar-refractivity contribution in [2.24, 2.45) is 5.92 Å². The van der Waals surface area contributed by atoms with Crippen LogP contribution in [0.15, 0.2) is 71.6 Å². The van der Waals surface area contributed by atoms with Gasteiger partial charge in [-0.1, -0.05) is 25.1 Å². The number of carboxylic acid groups (broad SMARTS) is 1. The number of nitrogens with one attached hydrogen (secondary N) is 2. The number of hydrogen-bond donors (Lipinski definition) is 3. The summed E-state index contributed by atoms with van der Waals surface area (Å²) in [7, 11) is -3.89. The number of hydrogen-bond acceptors (Lipinski definition) is 4. The molecule has 0 radical (unpaired) electrons. The van der Waals surface area contributed by atoms with Crippen LogP contribution in [0.3, 0.4) is 0 Å². The van der Waals surface area contributed by atoms with Crippen molar-refractivity contribution in [3.8, 4) is 0 Å². The lowest BCUT2D eigenvalue weighted by Crippen LogP contribution is -2.26. The van der Waals surface area contributed by atoms with E-state index in [0.717, 1.165) is 29.3 Å². The van der Waals surface area contributed by atoms with E-state index in [0.29, 0.717) is 5.69 Å². The van der Waals surface area contributed by atoms with E-state index in [9.17, 15) is 22.7 Å². The Bertz CT molecular complexity index is 1240. The van der Waals surface area contributed by atoms with Crippen LogP contribution in [-0.4, -0.2) is 19.5 Å². The molecule has 0 amide bonds. The Labute approximate surface area is 179 Å². The van der Waals surface area contributed by atoms with E-state index in [-0.39, 0.29) is 22.4 Å². The van der Waals surface area contributed by atoms with Crippen molar-refractivity contribution >= 4 is 27.4 Å². The van der Waals surface area contributed by atoms with Crippen molar-refractivity contribution in [2.45, 2.75) is 24.3 Å². The summed E-state index contributed by atoms with van der Waals surface area (Å²) in [6, 6.07) is 16.9. The average molecular weight is 440 g/mol. The normalized spacial score (nSPS) is 18.0. The number of rotatable bonds is 5. The standard InChI is InChI=1S/C23H21FN2O4S/c1-14-11-17-12-16(23(27)28)7-10-21(17)25-22(14)15-5-8-19(9-6-15)26-31(29,30)20-4-2-3-18(24)13-20/h2-10,12-14,22,25-26H,11H2,1H3,(H,27,28). The Morgan fingerprint density at radius 1 is 1.10 bits per heavy atom. The molecule has 31 heavy (non-hydrogen) atoms. The molecule has 0 saturated heterocycles. The predicted octanol–water partition coefficient (Wildman–Crippen LogP) is 4.67. The lowest BCUT2D eigenvalue weighted by atomic mass is 9.84. The summed E-state index contributed by atoms with van der Waals surface area (Å²) in [4.78, 5) is 11.1. The Balaban J connectivity index is 1.52. The summed E-state index contributed by atoms with van der Waals surface area (Å²) < 4.78 is 40.8. The largest absolute Gasteiger partial charge is 0.478 e. The smallest absolute Gasteiger partial charge is 0.335 e. The molecule has 0 fully saturated rings. The van der Waals surface area contributed by atoms with Gasteiger partial charge in [0.2, 0.25) is 0 Å². The molecule has 1 aliphatic heterocycles. The highest BCUT2D eigenvalue weighted by atomic mass is 32.2. The van der Waals surface area contributed by atoms with Gasteiger partial charge in [0, 0.05) is 11.4 Å². The average Bonchev–Trinajstić information content (AvgIpc) is 2.73. The lowest BCUT2D eigenvalue weighted by molar-refractivity contribution is 0.0696. The van der Waals surface area contributed by atoms with E-state index in [1.165, 1.54) is 18.2 Å². The third kappa shape index (κ3) is 4.39. The fraction of sp³-hybridized carbons (Fsp3) is 0.174. The molecule has 3 aromatic carbocycles. The molecule has 1 heterocycles. The molecule has 3 aromatic rings. The fourth-order valence-corrected chi connectivity index (χ4v) is 4.92. The molecule has 0 spiro atoms. The van der Waals surface area contributed by atoms with Crippen LogP contribution in [0.1, 0.15) is 34.5 Å². The zero-order valence-electron chi connectivity index (χ0n) is 16.7. The van der Waals surface area contributed by atoms with Gasteiger partial charge in [0.05, 0.1) is 16.5 Å². The first-order valence-electron chi connectivity index (χ1n) is 9.74. The first-order chi connectivity index (χ1) is 14.7. The Morgan fingerprint density at radius 2 is 1.84 bits per heavy atom. The molecule has 3 N–H and O–H groups in total. The second kappa shape index (κ2) is 8.03. The van der Waals surface area contributed by atoms with E-state index >= 15 is 0 Å². The van der Waals surface area contributed by atoms with Crippen LogP contribution in [0.4, 0.5) is 15.8 Å². The number of anilines is 2. The van der Waals surface area contributed by atoms with Gasteiger partial charge < -0.3 is 10.4 Å². The summed E-state index contributed by atoms with van der Waals surface area (Å²) >= 11 is 0. The Hall–Kier alpha value is -3.39. The maximum absolute atomic E-state index is 13.4. The predicted molar refractivity (Wildman–Crippen MR) is 116 cm³/mol. The summed E-state index contributed by atoms with van der Waals surface area (Å²) in [6.07, 6.45) is 0.724. The number of carbonyl (C=O) groups is 1. The monoisotopic (exact) mass is 440 g/mol. The maximum atomic E-state index is 13.4. The highest BCUT2D eigenvalue weighted by Gasteiger charge is 2.27. The molecule has 0 aliphatic carbocycles. The molecular formula is C23H21FN2O4S. The molecule has 0 aromatic heterocycles. The molecule has 1 aliphatic rings. The van der Waals surface area contributed by atoms with Gasteiger partial charge in [-0.05, 0) is 72.0 Å². The SMILES string of the molecule is CC1Cc2cc(C(=O)O)ccc2NC1c1ccc(NS(=O)(=O)c2cccc(F)c2)cc1. The summed E-state index contributed by atoms with van der Waals surface area (Å²) in [6.45, 7) is 2.08. The highest BCUT2D eigenvalue weighted by molar-refractivity contribution is 7.92. The quantitative estimate of drug-likeness (QED) is 0.536. The minimum absolute atomic E-state index is 0.00273. The third-order valence-electron chi connectivity index (χ3n) is 5.40. The van der Waals surface area contributed by atoms with Crippen LogP contribution >= 0.6 is 0 Å². The van der Waals surface area contributed by atoms with Crippen LogP contribution in [0.2, 0.25) is 0 Å². The van der Waals surface area contributed by atoms with Crippen molar-refractivity contribution in [3.63, 3.8) is 0 Å². The molecule has 6 nitrogen and oxygen atoms in total. The summed E-state index contributed by atoms with van der Waals surface area (Å²) in [5, 5.41) is 12.6. The molecule has 8 heteroatoms. The van der Waals surface area contributed by atoms with Crippen molar-refractivity contribution in [1.82, 2.24) is 0 Å². The van der Waals surface area contributed by atoms with Crippen molar-refractivity contribution in [3.05, 3.63) is 89.2 Å². The summed E-state index contributed by atoms with van der Waals surface area (Å²) in [5.41, 5.74) is 3.48. The first-order valence-corrected chi connectivity index (χ1v) is 11.2. The van der Waals surface area contributed by atoms with Crippen LogP contribution in [0.5, 0.6) is 0 Å². The number of benzene rings is 3. The first kappa shape index (κ1) is 20.9. The molecular weight excluding hydrogens is 419 g/mol. The van der Waals surface area contributed by atoms with Crippen molar-refractivity contribution < 1.29 is 22.7 Å². The zero-order chi connectivity index (χ0) is 22.2. The van der Waals surface area contributed by atoms with Crippen LogP contribution < -0.4 is 10.0 Å². The van der Waals surface area contributed by atoms with E-state index in [4.69, 9.17) is 0 Å². The van der Waals surface area contributed by atoms with Crippen LogP contribution in [-0.2, 0) is 16.4 Å². The minimum Gasteiger partial charge on any atom is -0.478 e. The van der Waals surface area contributed by atoms with Crippen molar-refractivity contribution in [1.29, 1.82) is 0 Å². The third-order valence-corrected chi connectivity index (χ3v) is 6.78. The topological polar surface area (TPSA) is 95.5 Å².